The number of nitrogens with one attached hydrogen (secondary N) is 1. The van der Waals surface area contributed by atoms with Gasteiger partial charge in [-0.3, -0.25) is 0 Å². The Labute approximate surface area is 108 Å². The summed E-state index contributed by atoms with van der Waals surface area (Å²) >= 11 is 1.52. The van der Waals surface area contributed by atoms with Crippen molar-refractivity contribution in [2.24, 2.45) is 0 Å². The average Bonchev–Trinajstić information content (AvgIpc) is 2.94. The smallest absolute Gasteiger partial charge is 0.175 e. The van der Waals surface area contributed by atoms with Gasteiger partial charge in [0.2, 0.25) is 0 Å². The summed E-state index contributed by atoms with van der Waals surface area (Å²) in [5.74, 6) is 0. The van der Waals surface area contributed by atoms with Gasteiger partial charge in [0.15, 0.2) is 10.3 Å². The third kappa shape index (κ3) is 1.95. The Morgan fingerprint density at radius 2 is 2.33 bits per heavy atom. The molecule has 5 nitrogen and oxygen atoms in total. The van der Waals surface area contributed by atoms with Gasteiger partial charge >= 0.3 is 0 Å². The van der Waals surface area contributed by atoms with Crippen LogP contribution in [-0.2, 0) is 6.54 Å². The van der Waals surface area contributed by atoms with Gasteiger partial charge in [-0.25, -0.2) is 9.97 Å². The zero-order valence-electron chi connectivity index (χ0n) is 9.92. The molecule has 3 aromatic rings. The lowest BCUT2D eigenvalue weighted by Gasteiger charge is -2.00. The number of aromatic amines is 1. The monoisotopic (exact) mass is 259 g/mol. The van der Waals surface area contributed by atoms with Gasteiger partial charge in [-0.05, 0) is 36.9 Å². The number of nitrogen functional groups attached to an aromatic ring is 1. The first kappa shape index (κ1) is 11.2. The molecule has 92 valence electrons. The molecule has 18 heavy (non-hydrogen) atoms. The van der Waals surface area contributed by atoms with E-state index in [2.05, 4.69) is 26.4 Å². The van der Waals surface area contributed by atoms with Crippen molar-refractivity contribution in [3.8, 4) is 0 Å². The molecule has 1 aromatic carbocycles. The lowest BCUT2D eigenvalue weighted by Crippen LogP contribution is -1.94. The van der Waals surface area contributed by atoms with Crippen LogP contribution in [-0.4, -0.2) is 19.5 Å². The second-order valence-electron chi connectivity index (χ2n) is 3.92. The summed E-state index contributed by atoms with van der Waals surface area (Å²) in [6.45, 7) is 2.99. The zero-order chi connectivity index (χ0) is 12.5. The number of imidazole rings is 2. The molecule has 2 aromatic heterocycles. The maximum atomic E-state index is 5.74. The third-order valence-electron chi connectivity index (χ3n) is 2.69. The molecule has 0 fully saturated rings. The minimum atomic E-state index is 0.734. The van der Waals surface area contributed by atoms with Crippen LogP contribution < -0.4 is 5.73 Å². The number of nitrogens with zero attached hydrogens (tertiary/aromatic N) is 3. The van der Waals surface area contributed by atoms with Crippen molar-refractivity contribution >= 4 is 28.5 Å². The van der Waals surface area contributed by atoms with Crippen LogP contribution >= 0.6 is 11.8 Å². The zero-order valence-corrected chi connectivity index (χ0v) is 10.7. The summed E-state index contributed by atoms with van der Waals surface area (Å²) in [6, 6.07) is 5.65. The fraction of sp³-hybridized carbons (Fsp3) is 0.167. The fourth-order valence-electron chi connectivity index (χ4n) is 1.78. The normalized spacial score (nSPS) is 11.2. The van der Waals surface area contributed by atoms with Gasteiger partial charge in [-0.1, -0.05) is 0 Å². The number of benzene rings is 1. The molecule has 6 heteroatoms. The van der Waals surface area contributed by atoms with Crippen LogP contribution in [0.25, 0.3) is 11.0 Å². The third-order valence-corrected chi connectivity index (χ3v) is 3.60. The van der Waals surface area contributed by atoms with Gasteiger partial charge in [0.05, 0.1) is 11.0 Å². The Bertz CT molecular complexity index is 685. The number of fused-ring (bicyclic) bond motifs is 1. The quantitative estimate of drug-likeness (QED) is 0.709. The van der Waals surface area contributed by atoms with Crippen LogP contribution in [0, 0.1) is 0 Å². The number of hydrogen-bond donors (Lipinski definition) is 2. The van der Waals surface area contributed by atoms with E-state index in [1.54, 1.807) is 6.20 Å². The first-order chi connectivity index (χ1) is 8.76. The van der Waals surface area contributed by atoms with Crippen molar-refractivity contribution in [3.63, 3.8) is 0 Å². The SMILES string of the molecule is CCn1ccnc1Sc1nc2ccc(N)cc2[nH]1. The number of anilines is 1. The highest BCUT2D eigenvalue weighted by Gasteiger charge is 2.08. The fourth-order valence-corrected chi connectivity index (χ4v) is 2.68. The Kier molecular flexibility index (Phi) is 2.71. The molecule has 0 aliphatic heterocycles. The lowest BCUT2D eigenvalue weighted by molar-refractivity contribution is 0.680. The Balaban J connectivity index is 1.95. The first-order valence-corrected chi connectivity index (χ1v) is 6.52. The molecular formula is C12H13N5S. The van der Waals surface area contributed by atoms with Gasteiger partial charge < -0.3 is 15.3 Å². The topological polar surface area (TPSA) is 72.5 Å². The molecule has 0 unspecified atom stereocenters. The summed E-state index contributed by atoms with van der Waals surface area (Å²) in [4.78, 5) is 12.1. The maximum Gasteiger partial charge on any atom is 0.175 e. The molecule has 0 aliphatic carbocycles. The van der Waals surface area contributed by atoms with Crippen molar-refractivity contribution < 1.29 is 0 Å². The predicted octanol–water partition coefficient (Wildman–Crippen LogP) is 2.51. The van der Waals surface area contributed by atoms with Crippen molar-refractivity contribution in [2.75, 3.05) is 5.73 Å². The van der Waals surface area contributed by atoms with Crippen LogP contribution in [0.4, 0.5) is 5.69 Å². The molecule has 3 N–H and O–H groups in total. The second kappa shape index (κ2) is 4.38. The van der Waals surface area contributed by atoms with Crippen LogP contribution in [0.3, 0.4) is 0 Å². The molecular weight excluding hydrogens is 246 g/mol. The van der Waals surface area contributed by atoms with Gasteiger partial charge in [-0.15, -0.1) is 0 Å². The molecule has 2 heterocycles. The maximum absolute atomic E-state index is 5.74. The highest BCUT2D eigenvalue weighted by Crippen LogP contribution is 2.26. The molecule has 0 saturated heterocycles. The summed E-state index contributed by atoms with van der Waals surface area (Å²) in [6.07, 6.45) is 3.76. The Morgan fingerprint density at radius 3 is 3.17 bits per heavy atom. The Hall–Kier alpha value is -1.95. The minimum absolute atomic E-state index is 0.734. The van der Waals surface area contributed by atoms with E-state index < -0.39 is 0 Å². The van der Waals surface area contributed by atoms with E-state index in [0.717, 1.165) is 33.6 Å². The van der Waals surface area contributed by atoms with Gasteiger partial charge in [0.25, 0.3) is 0 Å². The number of rotatable bonds is 3. The van der Waals surface area contributed by atoms with E-state index in [9.17, 15) is 0 Å². The van der Waals surface area contributed by atoms with Gasteiger partial charge in [-0.2, -0.15) is 0 Å². The van der Waals surface area contributed by atoms with E-state index in [1.807, 2.05) is 24.4 Å². The molecule has 0 aliphatic rings. The minimum Gasteiger partial charge on any atom is -0.399 e. The highest BCUT2D eigenvalue weighted by molar-refractivity contribution is 7.99. The molecule has 0 atom stereocenters. The molecule has 3 rings (SSSR count). The van der Waals surface area contributed by atoms with Crippen molar-refractivity contribution in [1.82, 2.24) is 19.5 Å². The molecule has 0 radical (unpaired) electrons. The van der Waals surface area contributed by atoms with Crippen molar-refractivity contribution in [1.29, 1.82) is 0 Å². The largest absolute Gasteiger partial charge is 0.399 e. The molecule has 0 saturated carbocycles. The summed E-state index contributed by atoms with van der Waals surface area (Å²) in [7, 11) is 0. The summed E-state index contributed by atoms with van der Waals surface area (Å²) < 4.78 is 2.08. The van der Waals surface area contributed by atoms with E-state index in [0.29, 0.717) is 0 Å². The van der Waals surface area contributed by atoms with Crippen LogP contribution in [0.15, 0.2) is 40.9 Å². The highest BCUT2D eigenvalue weighted by atomic mass is 32.2. The number of H-pyrrole nitrogens is 1. The number of nitrogens with two attached hydrogens (primary N) is 1. The predicted molar refractivity (Wildman–Crippen MR) is 72.5 cm³/mol. The first-order valence-electron chi connectivity index (χ1n) is 5.70. The van der Waals surface area contributed by atoms with E-state index in [4.69, 9.17) is 5.73 Å². The van der Waals surface area contributed by atoms with E-state index in [1.165, 1.54) is 11.8 Å². The van der Waals surface area contributed by atoms with Crippen LogP contribution in [0.2, 0.25) is 0 Å². The average molecular weight is 259 g/mol. The van der Waals surface area contributed by atoms with Crippen molar-refractivity contribution in [2.45, 2.75) is 23.8 Å². The molecule has 0 bridgehead atoms. The van der Waals surface area contributed by atoms with E-state index in [-0.39, 0.29) is 0 Å². The Morgan fingerprint density at radius 1 is 1.44 bits per heavy atom. The van der Waals surface area contributed by atoms with Crippen LogP contribution in [0.5, 0.6) is 0 Å². The second-order valence-corrected chi connectivity index (χ2v) is 4.87. The number of aromatic nitrogens is 4. The lowest BCUT2D eigenvalue weighted by atomic mass is 10.3. The summed E-state index contributed by atoms with van der Waals surface area (Å²) in [5.41, 5.74) is 8.35. The number of hydrogen-bond acceptors (Lipinski definition) is 4. The standard InChI is InChI=1S/C12H13N5S/c1-2-17-6-5-14-12(17)18-11-15-9-4-3-8(13)7-10(9)16-11/h3-7H,2,13H2,1H3,(H,15,16). The van der Waals surface area contributed by atoms with Crippen molar-refractivity contribution in [3.05, 3.63) is 30.6 Å². The summed E-state index contributed by atoms with van der Waals surface area (Å²) in [5, 5.41) is 1.76. The molecule has 0 amide bonds. The van der Waals surface area contributed by atoms with Crippen LogP contribution in [0.1, 0.15) is 6.92 Å². The van der Waals surface area contributed by atoms with Gasteiger partial charge in [0.1, 0.15) is 0 Å². The van der Waals surface area contributed by atoms with Gasteiger partial charge in [0, 0.05) is 24.6 Å². The van der Waals surface area contributed by atoms with E-state index >= 15 is 0 Å². The number of aryl methyl sites for hydroxylation is 1. The molecule has 0 spiro atoms.